The van der Waals surface area contributed by atoms with E-state index in [1.165, 1.54) is 6.42 Å². The van der Waals surface area contributed by atoms with E-state index in [1.54, 1.807) is 12.1 Å². The molecule has 2 rings (SSSR count). The third kappa shape index (κ3) is 2.69. The second-order valence-electron chi connectivity index (χ2n) is 5.11. The summed E-state index contributed by atoms with van der Waals surface area (Å²) in [5.41, 5.74) is 7.08. The highest BCUT2D eigenvalue weighted by Gasteiger charge is 2.29. The van der Waals surface area contributed by atoms with E-state index < -0.39 is 0 Å². The van der Waals surface area contributed by atoms with Crippen LogP contribution < -0.4 is 5.73 Å². The van der Waals surface area contributed by atoms with Crippen LogP contribution in [0.15, 0.2) is 22.7 Å². The number of hydrogen-bond acceptors (Lipinski definition) is 2. The Kier molecular flexibility index (Phi) is 3.95. The number of nitrogen functional groups attached to an aromatic ring is 1. The monoisotopic (exact) mass is 310 g/mol. The summed E-state index contributed by atoms with van der Waals surface area (Å²) in [5.74, 6) is 0.0858. The quantitative estimate of drug-likeness (QED) is 0.808. The van der Waals surface area contributed by atoms with E-state index >= 15 is 0 Å². The van der Waals surface area contributed by atoms with Gasteiger partial charge >= 0.3 is 0 Å². The number of nitrogens with two attached hydrogens (primary N) is 1. The number of amides is 1. The van der Waals surface area contributed by atoms with E-state index in [9.17, 15) is 4.79 Å². The normalized spacial score (nSPS) is 24.1. The molecule has 98 valence electrons. The second-order valence-corrected chi connectivity index (χ2v) is 6.03. The van der Waals surface area contributed by atoms with Crippen LogP contribution in [0.2, 0.25) is 0 Å². The molecule has 1 aromatic rings. The van der Waals surface area contributed by atoms with Gasteiger partial charge in [0.1, 0.15) is 0 Å². The maximum Gasteiger partial charge on any atom is 0.254 e. The van der Waals surface area contributed by atoms with Crippen LogP contribution in [0, 0.1) is 0 Å². The molecule has 18 heavy (non-hydrogen) atoms. The summed E-state index contributed by atoms with van der Waals surface area (Å²) in [6.45, 7) is 4.24. The minimum absolute atomic E-state index is 0.0858. The second kappa shape index (κ2) is 5.31. The van der Waals surface area contributed by atoms with Gasteiger partial charge in [-0.2, -0.15) is 0 Å². The Morgan fingerprint density at radius 3 is 2.44 bits per heavy atom. The molecule has 1 aromatic carbocycles. The molecular weight excluding hydrogens is 292 g/mol. The van der Waals surface area contributed by atoms with Gasteiger partial charge in [-0.05, 0) is 51.3 Å². The molecule has 1 aliphatic heterocycles. The fourth-order valence-electron chi connectivity index (χ4n) is 2.71. The first-order valence-electron chi connectivity index (χ1n) is 6.38. The number of rotatable bonds is 1. The molecule has 0 aliphatic carbocycles. The van der Waals surface area contributed by atoms with Gasteiger partial charge in [0.2, 0.25) is 0 Å². The van der Waals surface area contributed by atoms with Crippen molar-refractivity contribution in [2.24, 2.45) is 0 Å². The average Bonchev–Trinajstić information content (AvgIpc) is 2.27. The van der Waals surface area contributed by atoms with Crippen LogP contribution in [0.3, 0.4) is 0 Å². The van der Waals surface area contributed by atoms with Crippen LogP contribution in [0.1, 0.15) is 43.5 Å². The smallest absolute Gasteiger partial charge is 0.254 e. The first kappa shape index (κ1) is 13.4. The molecule has 4 heteroatoms. The highest BCUT2D eigenvalue weighted by atomic mass is 79.9. The summed E-state index contributed by atoms with van der Waals surface area (Å²) in [4.78, 5) is 14.6. The topological polar surface area (TPSA) is 46.3 Å². The summed E-state index contributed by atoms with van der Waals surface area (Å²) in [6.07, 6.45) is 3.37. The van der Waals surface area contributed by atoms with Gasteiger partial charge in [-0.15, -0.1) is 0 Å². The van der Waals surface area contributed by atoms with Gasteiger partial charge < -0.3 is 10.6 Å². The van der Waals surface area contributed by atoms with E-state index in [0.717, 1.165) is 17.3 Å². The molecule has 2 N–H and O–H groups in total. The molecular formula is C14H19BrN2O. The van der Waals surface area contributed by atoms with Crippen molar-refractivity contribution in [3.05, 3.63) is 28.2 Å². The largest absolute Gasteiger partial charge is 0.399 e. The molecule has 1 fully saturated rings. The van der Waals surface area contributed by atoms with Gasteiger partial charge in [0.15, 0.2) is 0 Å². The number of piperidine rings is 1. The fourth-order valence-corrected chi connectivity index (χ4v) is 3.22. The SMILES string of the molecule is C[C@H]1CCC[C@H](C)N1C(=O)c1cc(N)cc(Br)c1. The molecule has 1 aliphatic rings. The fraction of sp³-hybridized carbons (Fsp3) is 0.500. The summed E-state index contributed by atoms with van der Waals surface area (Å²) in [6, 6.07) is 6.01. The van der Waals surface area contributed by atoms with E-state index in [1.807, 2.05) is 11.0 Å². The summed E-state index contributed by atoms with van der Waals surface area (Å²) in [7, 11) is 0. The van der Waals surface area contributed by atoms with E-state index in [2.05, 4.69) is 29.8 Å². The highest BCUT2D eigenvalue weighted by Crippen LogP contribution is 2.26. The number of nitrogens with zero attached hydrogens (tertiary/aromatic N) is 1. The number of benzene rings is 1. The first-order chi connectivity index (χ1) is 8.49. The Morgan fingerprint density at radius 1 is 1.28 bits per heavy atom. The zero-order valence-electron chi connectivity index (χ0n) is 10.8. The third-order valence-electron chi connectivity index (χ3n) is 3.60. The van der Waals surface area contributed by atoms with Crippen molar-refractivity contribution in [3.63, 3.8) is 0 Å². The molecule has 0 saturated carbocycles. The zero-order chi connectivity index (χ0) is 13.3. The number of anilines is 1. The van der Waals surface area contributed by atoms with Crippen LogP contribution in [0.25, 0.3) is 0 Å². The molecule has 1 saturated heterocycles. The maximum atomic E-state index is 12.6. The zero-order valence-corrected chi connectivity index (χ0v) is 12.4. The summed E-state index contributed by atoms with van der Waals surface area (Å²) in [5, 5.41) is 0. The van der Waals surface area contributed by atoms with Gasteiger partial charge in [0.25, 0.3) is 5.91 Å². The minimum Gasteiger partial charge on any atom is -0.399 e. The van der Waals surface area contributed by atoms with Crippen LogP contribution >= 0.6 is 15.9 Å². The average molecular weight is 311 g/mol. The van der Waals surface area contributed by atoms with Crippen LogP contribution in [0.4, 0.5) is 5.69 Å². The van der Waals surface area contributed by atoms with Crippen LogP contribution in [-0.4, -0.2) is 22.9 Å². The Bertz CT molecular complexity index is 431. The van der Waals surface area contributed by atoms with Gasteiger partial charge in [-0.3, -0.25) is 4.79 Å². The van der Waals surface area contributed by atoms with Crippen LogP contribution in [0.5, 0.6) is 0 Å². The Morgan fingerprint density at radius 2 is 1.89 bits per heavy atom. The lowest BCUT2D eigenvalue weighted by molar-refractivity contribution is 0.0511. The lowest BCUT2D eigenvalue weighted by Gasteiger charge is -2.39. The lowest BCUT2D eigenvalue weighted by atomic mass is 9.96. The van der Waals surface area contributed by atoms with Gasteiger partial charge in [0, 0.05) is 27.8 Å². The summed E-state index contributed by atoms with van der Waals surface area (Å²) < 4.78 is 0.850. The van der Waals surface area contributed by atoms with E-state index in [-0.39, 0.29) is 5.91 Å². The number of hydrogen-bond donors (Lipinski definition) is 1. The molecule has 0 radical (unpaired) electrons. The van der Waals surface area contributed by atoms with E-state index in [4.69, 9.17) is 5.73 Å². The highest BCUT2D eigenvalue weighted by molar-refractivity contribution is 9.10. The van der Waals surface area contributed by atoms with Crippen molar-refractivity contribution in [1.82, 2.24) is 4.90 Å². The van der Waals surface area contributed by atoms with Gasteiger partial charge in [-0.25, -0.2) is 0 Å². The molecule has 1 heterocycles. The number of halogens is 1. The lowest BCUT2D eigenvalue weighted by Crippen LogP contribution is -2.47. The van der Waals surface area contributed by atoms with Crippen molar-refractivity contribution in [2.45, 2.75) is 45.2 Å². The standard InChI is InChI=1S/C14H19BrN2O/c1-9-4-3-5-10(2)17(9)14(18)11-6-12(15)8-13(16)7-11/h6-10H,3-5,16H2,1-2H3/t9-,10-/m0/s1. The Balaban J connectivity index is 2.29. The molecule has 0 unspecified atom stereocenters. The van der Waals surface area contributed by atoms with Crippen molar-refractivity contribution >= 4 is 27.5 Å². The number of carbonyl (C=O) groups excluding carboxylic acids is 1. The number of likely N-dealkylation sites (tertiary alicyclic amines) is 1. The van der Waals surface area contributed by atoms with Crippen molar-refractivity contribution in [1.29, 1.82) is 0 Å². The van der Waals surface area contributed by atoms with Crippen molar-refractivity contribution in [3.8, 4) is 0 Å². The first-order valence-corrected chi connectivity index (χ1v) is 7.17. The number of carbonyl (C=O) groups is 1. The molecule has 1 amide bonds. The molecule has 2 atom stereocenters. The van der Waals surface area contributed by atoms with Crippen molar-refractivity contribution in [2.75, 3.05) is 5.73 Å². The van der Waals surface area contributed by atoms with E-state index in [0.29, 0.717) is 23.3 Å². The van der Waals surface area contributed by atoms with Gasteiger partial charge in [0.05, 0.1) is 0 Å². The predicted octanol–water partition coefficient (Wildman–Crippen LogP) is 3.43. The molecule has 3 nitrogen and oxygen atoms in total. The maximum absolute atomic E-state index is 12.6. The molecule has 0 aromatic heterocycles. The minimum atomic E-state index is 0.0858. The van der Waals surface area contributed by atoms with Crippen LogP contribution in [-0.2, 0) is 0 Å². The molecule has 0 bridgehead atoms. The molecule has 0 spiro atoms. The Hall–Kier alpha value is -1.03. The summed E-state index contributed by atoms with van der Waals surface area (Å²) >= 11 is 3.38. The predicted molar refractivity (Wildman–Crippen MR) is 77.5 cm³/mol. The van der Waals surface area contributed by atoms with Crippen molar-refractivity contribution < 1.29 is 4.79 Å². The Labute approximate surface area is 116 Å². The van der Waals surface area contributed by atoms with Gasteiger partial charge in [-0.1, -0.05) is 15.9 Å². The third-order valence-corrected chi connectivity index (χ3v) is 4.05.